The monoisotopic (exact) mass is 342 g/mol. The molecular weight excluding hydrogens is 331 g/mol. The van der Waals surface area contributed by atoms with Gasteiger partial charge in [-0.05, 0) is 30.3 Å². The Hall–Kier alpha value is -2.12. The number of hydrogen-bond acceptors (Lipinski definition) is 3. The molecule has 2 aromatic carbocycles. The van der Waals surface area contributed by atoms with Gasteiger partial charge in [0.1, 0.15) is 5.82 Å². The number of sulfonamides is 1. The van der Waals surface area contributed by atoms with E-state index in [0.29, 0.717) is 0 Å². The van der Waals surface area contributed by atoms with Crippen molar-refractivity contribution >= 4 is 38.9 Å². The van der Waals surface area contributed by atoms with Gasteiger partial charge in [-0.1, -0.05) is 23.7 Å². The Kier molecular flexibility index (Phi) is 4.68. The lowest BCUT2D eigenvalue weighted by Gasteiger charge is -2.11. The summed E-state index contributed by atoms with van der Waals surface area (Å²) in [5.41, 5.74) is 0.128. The van der Waals surface area contributed by atoms with Crippen LogP contribution in [0.3, 0.4) is 0 Å². The van der Waals surface area contributed by atoms with Crippen molar-refractivity contribution in [3.8, 4) is 0 Å². The quantitative estimate of drug-likeness (QED) is 0.896. The van der Waals surface area contributed by atoms with Crippen LogP contribution in [-0.2, 0) is 10.0 Å². The van der Waals surface area contributed by atoms with E-state index in [4.69, 9.17) is 11.6 Å². The standard InChI is InChI=1S/C14H12ClFN2O3S/c1-22(20,21)18-12-5-3-2-4-10(12)14(19)17-13-7-6-9(15)8-11(13)16/h2-8,18H,1H3,(H,17,19). The third-order valence-corrected chi connectivity index (χ3v) is 3.47. The van der Waals surface area contributed by atoms with Crippen molar-refractivity contribution in [3.05, 3.63) is 58.9 Å². The Bertz CT molecular complexity index is 825. The number of benzene rings is 2. The van der Waals surface area contributed by atoms with Crippen LogP contribution in [0.2, 0.25) is 5.02 Å². The molecule has 2 rings (SSSR count). The Balaban J connectivity index is 2.30. The Morgan fingerprint density at radius 1 is 1.14 bits per heavy atom. The average molecular weight is 343 g/mol. The molecule has 0 atom stereocenters. The summed E-state index contributed by atoms with van der Waals surface area (Å²) in [5.74, 6) is -1.33. The Labute approximate surface area is 132 Å². The molecule has 0 aromatic heterocycles. The van der Waals surface area contributed by atoms with Crippen molar-refractivity contribution in [2.75, 3.05) is 16.3 Å². The molecule has 1 amide bonds. The number of amides is 1. The topological polar surface area (TPSA) is 75.3 Å². The van der Waals surface area contributed by atoms with Crippen molar-refractivity contribution in [1.29, 1.82) is 0 Å². The largest absolute Gasteiger partial charge is 0.319 e. The zero-order valence-electron chi connectivity index (χ0n) is 11.4. The maximum atomic E-state index is 13.7. The lowest BCUT2D eigenvalue weighted by molar-refractivity contribution is 0.102. The van der Waals surface area contributed by atoms with E-state index in [1.54, 1.807) is 12.1 Å². The summed E-state index contributed by atoms with van der Waals surface area (Å²) in [6.45, 7) is 0. The lowest BCUT2D eigenvalue weighted by Crippen LogP contribution is -2.18. The van der Waals surface area contributed by atoms with Gasteiger partial charge < -0.3 is 5.32 Å². The van der Waals surface area contributed by atoms with Gasteiger partial charge in [-0.15, -0.1) is 0 Å². The number of carbonyl (C=O) groups is 1. The summed E-state index contributed by atoms with van der Waals surface area (Å²) >= 11 is 5.64. The van der Waals surface area contributed by atoms with E-state index in [9.17, 15) is 17.6 Å². The van der Waals surface area contributed by atoms with Crippen LogP contribution in [0, 0.1) is 5.82 Å². The normalized spacial score (nSPS) is 11.0. The van der Waals surface area contributed by atoms with Gasteiger partial charge in [-0.25, -0.2) is 12.8 Å². The molecule has 0 heterocycles. The number of rotatable bonds is 4. The summed E-state index contributed by atoms with van der Waals surface area (Å²) in [7, 11) is -3.54. The molecule has 5 nitrogen and oxygen atoms in total. The first kappa shape index (κ1) is 16.3. The average Bonchev–Trinajstić information content (AvgIpc) is 2.40. The summed E-state index contributed by atoms with van der Waals surface area (Å²) in [6.07, 6.45) is 0.973. The fraction of sp³-hybridized carbons (Fsp3) is 0.0714. The van der Waals surface area contributed by atoms with Gasteiger partial charge in [0.05, 0.1) is 23.2 Å². The van der Waals surface area contributed by atoms with E-state index < -0.39 is 21.7 Å². The van der Waals surface area contributed by atoms with Crippen molar-refractivity contribution < 1.29 is 17.6 Å². The fourth-order valence-corrected chi connectivity index (χ4v) is 2.49. The first-order valence-electron chi connectivity index (χ1n) is 6.09. The molecule has 0 fully saturated rings. The minimum Gasteiger partial charge on any atom is -0.319 e. The van der Waals surface area contributed by atoms with Gasteiger partial charge in [0.15, 0.2) is 0 Å². The highest BCUT2D eigenvalue weighted by molar-refractivity contribution is 7.92. The minimum atomic E-state index is -3.54. The van der Waals surface area contributed by atoms with Gasteiger partial charge >= 0.3 is 0 Å². The Morgan fingerprint density at radius 3 is 2.45 bits per heavy atom. The van der Waals surface area contributed by atoms with Crippen LogP contribution in [0.5, 0.6) is 0 Å². The van der Waals surface area contributed by atoms with Gasteiger partial charge in [-0.3, -0.25) is 9.52 Å². The van der Waals surface area contributed by atoms with Crippen LogP contribution in [0.15, 0.2) is 42.5 Å². The molecular formula is C14H12ClFN2O3S. The first-order valence-corrected chi connectivity index (χ1v) is 8.36. The first-order chi connectivity index (χ1) is 10.3. The van der Waals surface area contributed by atoms with Gasteiger partial charge in [-0.2, -0.15) is 0 Å². The van der Waals surface area contributed by atoms with Gasteiger partial charge in [0.25, 0.3) is 5.91 Å². The maximum absolute atomic E-state index is 13.7. The van der Waals surface area contributed by atoms with Crippen LogP contribution in [0.25, 0.3) is 0 Å². The number of carbonyl (C=O) groups excluding carboxylic acids is 1. The van der Waals surface area contributed by atoms with E-state index in [-0.39, 0.29) is 22.0 Å². The lowest BCUT2D eigenvalue weighted by atomic mass is 10.1. The number of halogens is 2. The van der Waals surface area contributed by atoms with E-state index in [1.165, 1.54) is 24.3 Å². The maximum Gasteiger partial charge on any atom is 0.257 e. The molecule has 116 valence electrons. The van der Waals surface area contributed by atoms with Crippen LogP contribution < -0.4 is 10.0 Å². The van der Waals surface area contributed by atoms with Crippen molar-refractivity contribution in [1.82, 2.24) is 0 Å². The summed E-state index contributed by atoms with van der Waals surface area (Å²) in [4.78, 5) is 12.2. The van der Waals surface area contributed by atoms with E-state index in [1.807, 2.05) is 0 Å². The third kappa shape index (κ3) is 4.19. The summed E-state index contributed by atoms with van der Waals surface area (Å²) in [6, 6.07) is 9.83. The molecule has 0 saturated heterocycles. The van der Waals surface area contributed by atoms with Crippen LogP contribution >= 0.6 is 11.6 Å². The van der Waals surface area contributed by atoms with Crippen LogP contribution in [0.4, 0.5) is 15.8 Å². The van der Waals surface area contributed by atoms with Gasteiger partial charge in [0.2, 0.25) is 10.0 Å². The SMILES string of the molecule is CS(=O)(=O)Nc1ccccc1C(=O)Nc1ccc(Cl)cc1F. The van der Waals surface area contributed by atoms with E-state index in [2.05, 4.69) is 10.0 Å². The fourth-order valence-electron chi connectivity index (χ4n) is 1.75. The molecule has 0 unspecified atom stereocenters. The van der Waals surface area contributed by atoms with E-state index >= 15 is 0 Å². The zero-order valence-corrected chi connectivity index (χ0v) is 13.0. The molecule has 0 bridgehead atoms. The minimum absolute atomic E-state index is 0.0523. The molecule has 0 radical (unpaired) electrons. The predicted molar refractivity (Wildman–Crippen MR) is 84.3 cm³/mol. The van der Waals surface area contributed by atoms with Crippen LogP contribution in [0.1, 0.15) is 10.4 Å². The highest BCUT2D eigenvalue weighted by Crippen LogP contribution is 2.22. The van der Waals surface area contributed by atoms with Crippen molar-refractivity contribution in [3.63, 3.8) is 0 Å². The Morgan fingerprint density at radius 2 is 1.82 bits per heavy atom. The highest BCUT2D eigenvalue weighted by Gasteiger charge is 2.15. The van der Waals surface area contributed by atoms with Gasteiger partial charge in [0, 0.05) is 5.02 Å². The number of nitrogens with one attached hydrogen (secondary N) is 2. The molecule has 0 saturated carbocycles. The predicted octanol–water partition coefficient (Wildman–Crippen LogP) is 3.10. The number of anilines is 2. The molecule has 2 aromatic rings. The van der Waals surface area contributed by atoms with Crippen molar-refractivity contribution in [2.45, 2.75) is 0 Å². The number of para-hydroxylation sites is 1. The molecule has 8 heteroatoms. The second-order valence-corrected chi connectivity index (χ2v) is 6.68. The zero-order chi connectivity index (χ0) is 16.3. The van der Waals surface area contributed by atoms with Crippen LogP contribution in [-0.4, -0.2) is 20.6 Å². The second-order valence-electron chi connectivity index (χ2n) is 4.50. The second kappa shape index (κ2) is 6.33. The molecule has 0 spiro atoms. The molecule has 2 N–H and O–H groups in total. The summed E-state index contributed by atoms with van der Waals surface area (Å²) < 4.78 is 38.5. The molecule has 0 aliphatic heterocycles. The summed E-state index contributed by atoms with van der Waals surface area (Å²) in [5, 5.41) is 2.58. The van der Waals surface area contributed by atoms with E-state index in [0.717, 1.165) is 12.3 Å². The smallest absolute Gasteiger partial charge is 0.257 e. The third-order valence-electron chi connectivity index (χ3n) is 2.65. The van der Waals surface area contributed by atoms with Crippen molar-refractivity contribution in [2.24, 2.45) is 0 Å². The number of hydrogen-bond donors (Lipinski definition) is 2. The molecule has 0 aliphatic carbocycles. The molecule has 22 heavy (non-hydrogen) atoms. The molecule has 0 aliphatic rings. The highest BCUT2D eigenvalue weighted by atomic mass is 35.5.